The molecule has 0 bridgehead atoms. The summed E-state index contributed by atoms with van der Waals surface area (Å²) in [6.07, 6.45) is 0.425. The molecule has 2 aliphatic rings. The summed E-state index contributed by atoms with van der Waals surface area (Å²) in [6.45, 7) is 11.3. The Balaban J connectivity index is 1.43. The molecular formula is C23H35N3O4. The van der Waals surface area contributed by atoms with Crippen LogP contribution in [0.4, 0.5) is 4.79 Å². The molecule has 0 aromatic heterocycles. The van der Waals surface area contributed by atoms with Gasteiger partial charge in [0, 0.05) is 38.8 Å². The molecule has 3 atom stereocenters. The number of nitrogens with zero attached hydrogens (tertiary/aromatic N) is 2. The number of piperazine rings is 1. The number of amides is 2. The first-order valence-corrected chi connectivity index (χ1v) is 10.9. The van der Waals surface area contributed by atoms with Crippen LogP contribution in [0, 0.1) is 0 Å². The molecule has 1 aromatic rings. The van der Waals surface area contributed by atoms with Crippen LogP contribution in [-0.4, -0.2) is 71.8 Å². The number of nitrogens with one attached hydrogen (secondary N) is 1. The first kappa shape index (κ1) is 22.6. The fourth-order valence-corrected chi connectivity index (χ4v) is 4.08. The molecule has 7 nitrogen and oxygen atoms in total. The number of hydrogen-bond acceptors (Lipinski definition) is 5. The number of carbonyl (C=O) groups is 2. The van der Waals surface area contributed by atoms with Gasteiger partial charge in [0.15, 0.2) is 0 Å². The van der Waals surface area contributed by atoms with Gasteiger partial charge in [-0.3, -0.25) is 9.69 Å². The first-order chi connectivity index (χ1) is 14.2. The molecule has 0 aliphatic carbocycles. The summed E-state index contributed by atoms with van der Waals surface area (Å²) in [5.41, 5.74) is 0.765. The van der Waals surface area contributed by atoms with E-state index >= 15 is 0 Å². The fraction of sp³-hybridized carbons (Fsp3) is 0.652. The third kappa shape index (κ3) is 6.44. The molecule has 2 amide bonds. The number of alkyl carbamates (subject to hydrolysis) is 1. The molecule has 2 heterocycles. The number of hydrogen-bond donors (Lipinski definition) is 1. The van der Waals surface area contributed by atoms with Crippen LogP contribution >= 0.6 is 0 Å². The molecular weight excluding hydrogens is 382 g/mol. The monoisotopic (exact) mass is 417 g/mol. The van der Waals surface area contributed by atoms with Crippen molar-refractivity contribution in [3.8, 4) is 0 Å². The minimum Gasteiger partial charge on any atom is -0.444 e. The summed E-state index contributed by atoms with van der Waals surface area (Å²) >= 11 is 0. The average molecular weight is 418 g/mol. The van der Waals surface area contributed by atoms with Gasteiger partial charge in [0.05, 0.1) is 6.10 Å². The summed E-state index contributed by atoms with van der Waals surface area (Å²) in [5, 5.41) is 2.74. The average Bonchev–Trinajstić information content (AvgIpc) is 3.15. The summed E-state index contributed by atoms with van der Waals surface area (Å²) in [4.78, 5) is 29.2. The van der Waals surface area contributed by atoms with Gasteiger partial charge in [-0.05, 0) is 46.1 Å². The highest BCUT2D eigenvalue weighted by Gasteiger charge is 2.37. The van der Waals surface area contributed by atoms with Gasteiger partial charge < -0.3 is 19.7 Å². The predicted octanol–water partition coefficient (Wildman–Crippen LogP) is 2.79. The summed E-state index contributed by atoms with van der Waals surface area (Å²) in [7, 11) is 0. The van der Waals surface area contributed by atoms with Gasteiger partial charge in [-0.15, -0.1) is 0 Å². The van der Waals surface area contributed by atoms with E-state index in [1.165, 1.54) is 5.56 Å². The van der Waals surface area contributed by atoms with Gasteiger partial charge in [0.1, 0.15) is 11.7 Å². The Kier molecular flexibility index (Phi) is 7.36. The van der Waals surface area contributed by atoms with E-state index in [9.17, 15) is 9.59 Å². The smallest absolute Gasteiger partial charge is 0.407 e. The lowest BCUT2D eigenvalue weighted by atomic mass is 10.1. The van der Waals surface area contributed by atoms with E-state index in [0.29, 0.717) is 19.5 Å². The van der Waals surface area contributed by atoms with Gasteiger partial charge in [0.25, 0.3) is 5.91 Å². The standard InChI is InChI=1S/C23H35N3O4/c1-17-15-25(16-18-8-6-5-7-9-18)12-13-26(17)21(27)20-11-10-19(29-20)14-24-22(28)30-23(2,3)4/h5-9,17,19-20H,10-16H2,1-4H3,(H,24,28)/t17-,19?,20?/m1/s1. The second-order valence-electron chi connectivity index (χ2n) is 9.31. The maximum absolute atomic E-state index is 13.0. The van der Waals surface area contributed by atoms with Gasteiger partial charge in [0.2, 0.25) is 0 Å². The summed E-state index contributed by atoms with van der Waals surface area (Å²) in [6, 6.07) is 10.6. The molecule has 1 N–H and O–H groups in total. The molecule has 2 unspecified atom stereocenters. The Bertz CT molecular complexity index is 719. The zero-order valence-electron chi connectivity index (χ0n) is 18.6. The summed E-state index contributed by atoms with van der Waals surface area (Å²) < 4.78 is 11.2. The van der Waals surface area contributed by atoms with Crippen LogP contribution in [0.2, 0.25) is 0 Å². The van der Waals surface area contributed by atoms with Crippen LogP contribution in [0.5, 0.6) is 0 Å². The van der Waals surface area contributed by atoms with Crippen LogP contribution in [0.1, 0.15) is 46.1 Å². The van der Waals surface area contributed by atoms with E-state index in [4.69, 9.17) is 9.47 Å². The SMILES string of the molecule is C[C@@H]1CN(Cc2ccccc2)CCN1C(=O)C1CCC(CNC(=O)OC(C)(C)C)O1. The Hall–Kier alpha value is -2.12. The minimum atomic E-state index is -0.530. The van der Waals surface area contributed by atoms with Gasteiger partial charge >= 0.3 is 6.09 Å². The number of carbonyl (C=O) groups excluding carboxylic acids is 2. The quantitative estimate of drug-likeness (QED) is 0.798. The van der Waals surface area contributed by atoms with Crippen molar-refractivity contribution in [3.63, 3.8) is 0 Å². The zero-order chi connectivity index (χ0) is 21.7. The molecule has 2 aliphatic heterocycles. The topological polar surface area (TPSA) is 71.1 Å². The highest BCUT2D eigenvalue weighted by Crippen LogP contribution is 2.23. The van der Waals surface area contributed by atoms with Crippen LogP contribution in [0.15, 0.2) is 30.3 Å². The number of benzene rings is 1. The van der Waals surface area contributed by atoms with Crippen LogP contribution < -0.4 is 5.32 Å². The molecule has 0 saturated carbocycles. The first-order valence-electron chi connectivity index (χ1n) is 10.9. The lowest BCUT2D eigenvalue weighted by Gasteiger charge is -2.40. The molecule has 30 heavy (non-hydrogen) atoms. The van der Waals surface area contributed by atoms with Crippen molar-refractivity contribution >= 4 is 12.0 Å². The fourth-order valence-electron chi connectivity index (χ4n) is 4.08. The van der Waals surface area contributed by atoms with Crippen LogP contribution in [0.25, 0.3) is 0 Å². The molecule has 0 radical (unpaired) electrons. The zero-order valence-corrected chi connectivity index (χ0v) is 18.6. The molecule has 2 saturated heterocycles. The third-order valence-corrected chi connectivity index (χ3v) is 5.50. The molecule has 1 aromatic carbocycles. The number of rotatable bonds is 5. The van der Waals surface area contributed by atoms with Gasteiger partial charge in [-0.25, -0.2) is 4.79 Å². The van der Waals surface area contributed by atoms with Crippen LogP contribution in [-0.2, 0) is 20.8 Å². The van der Waals surface area contributed by atoms with Crippen molar-refractivity contribution in [1.82, 2.24) is 15.1 Å². The van der Waals surface area contributed by atoms with Crippen molar-refractivity contribution in [2.75, 3.05) is 26.2 Å². The van der Waals surface area contributed by atoms with Crippen molar-refractivity contribution in [2.45, 2.75) is 70.9 Å². The van der Waals surface area contributed by atoms with Crippen LogP contribution in [0.3, 0.4) is 0 Å². The van der Waals surface area contributed by atoms with E-state index in [0.717, 1.165) is 26.1 Å². The Morgan fingerprint density at radius 1 is 1.17 bits per heavy atom. The Morgan fingerprint density at radius 3 is 2.57 bits per heavy atom. The van der Waals surface area contributed by atoms with Gasteiger partial charge in [-0.2, -0.15) is 0 Å². The Morgan fingerprint density at radius 2 is 1.90 bits per heavy atom. The molecule has 7 heteroatoms. The maximum atomic E-state index is 13.0. The summed E-state index contributed by atoms with van der Waals surface area (Å²) in [5.74, 6) is 0.0710. The highest BCUT2D eigenvalue weighted by atomic mass is 16.6. The van der Waals surface area contributed by atoms with E-state index in [1.807, 2.05) is 31.7 Å². The van der Waals surface area contributed by atoms with Crippen molar-refractivity contribution in [3.05, 3.63) is 35.9 Å². The van der Waals surface area contributed by atoms with E-state index < -0.39 is 17.8 Å². The molecule has 3 rings (SSSR count). The Labute approximate surface area is 179 Å². The lowest BCUT2D eigenvalue weighted by Crippen LogP contribution is -2.56. The van der Waals surface area contributed by atoms with E-state index in [1.54, 1.807) is 0 Å². The van der Waals surface area contributed by atoms with Crippen molar-refractivity contribution < 1.29 is 19.1 Å². The van der Waals surface area contributed by atoms with E-state index in [-0.39, 0.29) is 18.1 Å². The largest absolute Gasteiger partial charge is 0.444 e. The highest BCUT2D eigenvalue weighted by molar-refractivity contribution is 5.81. The normalized spacial score (nSPS) is 25.2. The molecule has 166 valence electrons. The number of ether oxygens (including phenoxy) is 2. The third-order valence-electron chi connectivity index (χ3n) is 5.50. The second kappa shape index (κ2) is 9.79. The van der Waals surface area contributed by atoms with E-state index in [2.05, 4.69) is 41.4 Å². The predicted molar refractivity (Wildman–Crippen MR) is 115 cm³/mol. The molecule has 0 spiro atoms. The van der Waals surface area contributed by atoms with Gasteiger partial charge in [-0.1, -0.05) is 30.3 Å². The second-order valence-corrected chi connectivity index (χ2v) is 9.31. The minimum absolute atomic E-state index is 0.0710. The molecule has 2 fully saturated rings. The lowest BCUT2D eigenvalue weighted by molar-refractivity contribution is -0.147. The van der Waals surface area contributed by atoms with Crippen molar-refractivity contribution in [1.29, 1.82) is 0 Å². The van der Waals surface area contributed by atoms with Crippen molar-refractivity contribution in [2.24, 2.45) is 0 Å². The maximum Gasteiger partial charge on any atom is 0.407 e.